The number of nitrogens with one attached hydrogen (secondary N) is 2. The molecule has 1 aliphatic rings. The van der Waals surface area contributed by atoms with E-state index in [-0.39, 0.29) is 16.3 Å². The Morgan fingerprint density at radius 2 is 2.11 bits per heavy atom. The number of nitro benzene ring substituents is 1. The molecule has 8 nitrogen and oxygen atoms in total. The zero-order valence-electron chi connectivity index (χ0n) is 10.00. The fourth-order valence-electron chi connectivity index (χ4n) is 1.59. The van der Waals surface area contributed by atoms with Crippen molar-refractivity contribution in [1.82, 2.24) is 4.72 Å². The first-order chi connectivity index (χ1) is 8.94. The van der Waals surface area contributed by atoms with Crippen LogP contribution in [0.2, 0.25) is 0 Å². The second kappa shape index (κ2) is 5.11. The molecule has 0 radical (unpaired) electrons. The lowest BCUT2D eigenvalue weighted by Gasteiger charge is -2.08. The number of nitro groups is 1. The highest BCUT2D eigenvalue weighted by Gasteiger charge is 2.25. The van der Waals surface area contributed by atoms with Gasteiger partial charge in [-0.1, -0.05) is 0 Å². The smallest absolute Gasteiger partial charge is 0.293 e. The number of benzene rings is 1. The van der Waals surface area contributed by atoms with Crippen molar-refractivity contribution in [2.24, 2.45) is 11.8 Å². The SMILES string of the molecule is NNc1cc(S(=O)(=O)NCC2CC2)ccc1[N+](=O)[O-]. The quantitative estimate of drug-likeness (QED) is 0.398. The van der Waals surface area contributed by atoms with E-state index in [2.05, 4.69) is 10.1 Å². The Balaban J connectivity index is 2.26. The summed E-state index contributed by atoms with van der Waals surface area (Å²) in [6.07, 6.45) is 2.05. The van der Waals surface area contributed by atoms with Crippen molar-refractivity contribution >= 4 is 21.4 Å². The van der Waals surface area contributed by atoms with Gasteiger partial charge in [-0.25, -0.2) is 13.1 Å². The van der Waals surface area contributed by atoms with Gasteiger partial charge in [0.15, 0.2) is 0 Å². The number of sulfonamides is 1. The molecule has 2 rings (SSSR count). The predicted octanol–water partition coefficient (Wildman–Crippen LogP) is 0.569. The fourth-order valence-corrected chi connectivity index (χ4v) is 2.73. The summed E-state index contributed by atoms with van der Waals surface area (Å²) in [5.74, 6) is 5.57. The van der Waals surface area contributed by atoms with Crippen molar-refractivity contribution in [2.45, 2.75) is 17.7 Å². The highest BCUT2D eigenvalue weighted by Crippen LogP contribution is 2.29. The first-order valence-electron chi connectivity index (χ1n) is 5.69. The summed E-state index contributed by atoms with van der Waals surface area (Å²) in [5.41, 5.74) is 1.82. The molecule has 104 valence electrons. The molecule has 0 aliphatic heterocycles. The molecule has 0 saturated heterocycles. The van der Waals surface area contributed by atoms with Crippen LogP contribution in [0.25, 0.3) is 0 Å². The zero-order valence-corrected chi connectivity index (χ0v) is 10.8. The lowest BCUT2D eigenvalue weighted by atomic mass is 10.3. The third kappa shape index (κ3) is 3.19. The Morgan fingerprint density at radius 1 is 1.42 bits per heavy atom. The third-order valence-corrected chi connectivity index (χ3v) is 4.31. The van der Waals surface area contributed by atoms with Crippen LogP contribution in [0.5, 0.6) is 0 Å². The van der Waals surface area contributed by atoms with Gasteiger partial charge in [0.25, 0.3) is 5.69 Å². The average molecular weight is 286 g/mol. The van der Waals surface area contributed by atoms with Crippen LogP contribution < -0.4 is 16.0 Å². The molecule has 1 aromatic rings. The number of anilines is 1. The van der Waals surface area contributed by atoms with Crippen molar-refractivity contribution in [3.63, 3.8) is 0 Å². The largest absolute Gasteiger partial charge is 0.318 e. The molecule has 1 fully saturated rings. The van der Waals surface area contributed by atoms with Gasteiger partial charge in [0.1, 0.15) is 5.69 Å². The molecule has 0 unspecified atom stereocenters. The minimum atomic E-state index is -3.66. The third-order valence-electron chi connectivity index (χ3n) is 2.89. The number of nitrogens with two attached hydrogens (primary N) is 1. The van der Waals surface area contributed by atoms with Crippen LogP contribution in [0.4, 0.5) is 11.4 Å². The first kappa shape index (κ1) is 13.7. The normalized spacial score (nSPS) is 15.2. The number of hydrogen-bond acceptors (Lipinski definition) is 6. The Hall–Kier alpha value is -1.71. The van der Waals surface area contributed by atoms with E-state index in [0.717, 1.165) is 25.0 Å². The zero-order chi connectivity index (χ0) is 14.0. The van der Waals surface area contributed by atoms with E-state index in [1.807, 2.05) is 0 Å². The molecule has 0 aromatic heterocycles. The molecule has 0 amide bonds. The van der Waals surface area contributed by atoms with E-state index in [4.69, 9.17) is 5.84 Å². The average Bonchev–Trinajstić information content (AvgIpc) is 3.19. The van der Waals surface area contributed by atoms with Gasteiger partial charge in [-0.2, -0.15) is 0 Å². The summed E-state index contributed by atoms with van der Waals surface area (Å²) in [7, 11) is -3.66. The molecule has 19 heavy (non-hydrogen) atoms. The maximum atomic E-state index is 12.0. The second-order valence-electron chi connectivity index (χ2n) is 4.38. The number of rotatable bonds is 6. The van der Waals surface area contributed by atoms with Gasteiger partial charge < -0.3 is 5.43 Å². The van der Waals surface area contributed by atoms with E-state index in [9.17, 15) is 18.5 Å². The lowest BCUT2D eigenvalue weighted by Crippen LogP contribution is -2.26. The van der Waals surface area contributed by atoms with Gasteiger partial charge in [0, 0.05) is 12.6 Å². The molecule has 4 N–H and O–H groups in total. The standard InChI is InChI=1S/C10H14N4O4S/c11-13-9-5-8(3-4-10(9)14(15)16)19(17,18)12-6-7-1-2-7/h3-5,7,12-13H,1-2,6,11H2. The van der Waals surface area contributed by atoms with Crippen molar-refractivity contribution in [2.75, 3.05) is 12.0 Å². The number of hydrazine groups is 1. The molecule has 0 heterocycles. The molecule has 0 spiro atoms. The molecule has 1 aromatic carbocycles. The van der Waals surface area contributed by atoms with Crippen molar-refractivity contribution in [3.05, 3.63) is 28.3 Å². The first-order valence-corrected chi connectivity index (χ1v) is 7.17. The maximum absolute atomic E-state index is 12.0. The Bertz CT molecular complexity index is 598. The monoisotopic (exact) mass is 286 g/mol. The van der Waals surface area contributed by atoms with Crippen LogP contribution in [-0.2, 0) is 10.0 Å². The van der Waals surface area contributed by atoms with Crippen LogP contribution in [0, 0.1) is 16.0 Å². The summed E-state index contributed by atoms with van der Waals surface area (Å²) in [6.45, 7) is 0.394. The van der Waals surface area contributed by atoms with Gasteiger partial charge in [-0.15, -0.1) is 0 Å². The summed E-state index contributed by atoms with van der Waals surface area (Å²) < 4.78 is 26.4. The van der Waals surface area contributed by atoms with Gasteiger partial charge in [-0.05, 0) is 30.9 Å². The molecule has 0 atom stereocenters. The molecular weight excluding hydrogens is 272 g/mol. The predicted molar refractivity (Wildman–Crippen MR) is 68.8 cm³/mol. The number of hydrogen-bond donors (Lipinski definition) is 3. The highest BCUT2D eigenvalue weighted by molar-refractivity contribution is 7.89. The fraction of sp³-hybridized carbons (Fsp3) is 0.400. The van der Waals surface area contributed by atoms with E-state index < -0.39 is 14.9 Å². The van der Waals surface area contributed by atoms with E-state index >= 15 is 0 Å². The van der Waals surface area contributed by atoms with E-state index in [1.165, 1.54) is 6.07 Å². The number of nitrogen functional groups attached to an aromatic ring is 1. The molecule has 0 bridgehead atoms. The van der Waals surface area contributed by atoms with Crippen LogP contribution in [0.15, 0.2) is 23.1 Å². The van der Waals surface area contributed by atoms with Crippen LogP contribution in [0.1, 0.15) is 12.8 Å². The lowest BCUT2D eigenvalue weighted by molar-refractivity contribution is -0.384. The van der Waals surface area contributed by atoms with Crippen molar-refractivity contribution in [3.8, 4) is 0 Å². The Morgan fingerprint density at radius 3 is 2.63 bits per heavy atom. The summed E-state index contributed by atoms with van der Waals surface area (Å²) in [5, 5.41) is 10.7. The van der Waals surface area contributed by atoms with Gasteiger partial charge >= 0.3 is 0 Å². The summed E-state index contributed by atoms with van der Waals surface area (Å²) in [4.78, 5) is 10.0. The molecular formula is C10H14N4O4S. The minimum Gasteiger partial charge on any atom is -0.318 e. The van der Waals surface area contributed by atoms with Crippen molar-refractivity contribution < 1.29 is 13.3 Å². The van der Waals surface area contributed by atoms with Gasteiger partial charge in [-0.3, -0.25) is 16.0 Å². The molecule has 1 saturated carbocycles. The van der Waals surface area contributed by atoms with Crippen molar-refractivity contribution in [1.29, 1.82) is 0 Å². The van der Waals surface area contributed by atoms with E-state index in [0.29, 0.717) is 12.5 Å². The van der Waals surface area contributed by atoms with Gasteiger partial charge in [0.2, 0.25) is 10.0 Å². The van der Waals surface area contributed by atoms with Crippen LogP contribution in [0.3, 0.4) is 0 Å². The second-order valence-corrected chi connectivity index (χ2v) is 6.14. The Labute approximate surface area is 110 Å². The molecule has 1 aliphatic carbocycles. The van der Waals surface area contributed by atoms with Crippen LogP contribution in [-0.4, -0.2) is 19.9 Å². The Kier molecular flexibility index (Phi) is 3.69. The topological polar surface area (TPSA) is 127 Å². The highest BCUT2D eigenvalue weighted by atomic mass is 32.2. The molecule has 9 heteroatoms. The van der Waals surface area contributed by atoms with Gasteiger partial charge in [0.05, 0.1) is 9.82 Å². The number of nitrogens with zero attached hydrogens (tertiary/aromatic N) is 1. The maximum Gasteiger partial charge on any atom is 0.293 e. The summed E-state index contributed by atoms with van der Waals surface area (Å²) >= 11 is 0. The van der Waals surface area contributed by atoms with E-state index in [1.54, 1.807) is 0 Å². The minimum absolute atomic E-state index is 0.0423. The van der Waals surface area contributed by atoms with Crippen LogP contribution >= 0.6 is 0 Å². The summed E-state index contributed by atoms with van der Waals surface area (Å²) in [6, 6.07) is 3.45.